The molecule has 25 heavy (non-hydrogen) atoms. The highest BCUT2D eigenvalue weighted by Crippen LogP contribution is 2.27. The summed E-state index contributed by atoms with van der Waals surface area (Å²) >= 11 is 0. The van der Waals surface area contributed by atoms with Crippen LogP contribution in [0.2, 0.25) is 0 Å². The molecular formula is C18H23N3O4. The van der Waals surface area contributed by atoms with Gasteiger partial charge < -0.3 is 21.1 Å². The van der Waals surface area contributed by atoms with Crippen molar-refractivity contribution in [1.29, 1.82) is 0 Å². The first kappa shape index (κ1) is 18.5. The van der Waals surface area contributed by atoms with Crippen LogP contribution in [0.4, 0.5) is 5.69 Å². The maximum atomic E-state index is 12.5. The summed E-state index contributed by atoms with van der Waals surface area (Å²) in [6.45, 7) is 5.84. The van der Waals surface area contributed by atoms with Crippen LogP contribution >= 0.6 is 0 Å². The molecule has 134 valence electrons. The number of amides is 2. The number of carboxylic acid groups (broad SMARTS) is 1. The van der Waals surface area contributed by atoms with E-state index in [4.69, 9.17) is 10.8 Å². The van der Waals surface area contributed by atoms with E-state index in [0.29, 0.717) is 18.7 Å². The smallest absolute Gasteiger partial charge is 0.305 e. The van der Waals surface area contributed by atoms with E-state index >= 15 is 0 Å². The van der Waals surface area contributed by atoms with Gasteiger partial charge in [-0.15, -0.1) is 0 Å². The molecule has 2 atom stereocenters. The monoisotopic (exact) mass is 345 g/mol. The van der Waals surface area contributed by atoms with Crippen molar-refractivity contribution in [3.05, 3.63) is 36.4 Å². The first-order valence-corrected chi connectivity index (χ1v) is 8.15. The predicted octanol–water partition coefficient (Wildman–Crippen LogP) is 1.34. The van der Waals surface area contributed by atoms with Crippen LogP contribution in [0.5, 0.6) is 0 Å². The number of carbonyl (C=O) groups is 3. The van der Waals surface area contributed by atoms with Crippen LogP contribution in [0.25, 0.3) is 5.70 Å². The molecule has 1 fully saturated rings. The third kappa shape index (κ3) is 4.82. The molecule has 0 bridgehead atoms. The number of rotatable bonds is 7. The van der Waals surface area contributed by atoms with Gasteiger partial charge in [-0.05, 0) is 31.0 Å². The minimum absolute atomic E-state index is 0.0665. The number of carbonyl (C=O) groups excluding carboxylic acids is 2. The molecule has 4 N–H and O–H groups in total. The van der Waals surface area contributed by atoms with E-state index in [1.165, 1.54) is 0 Å². The van der Waals surface area contributed by atoms with Crippen molar-refractivity contribution in [1.82, 2.24) is 5.32 Å². The average Bonchev–Trinajstić information content (AvgIpc) is 2.87. The Morgan fingerprint density at radius 1 is 1.40 bits per heavy atom. The van der Waals surface area contributed by atoms with Gasteiger partial charge in [0, 0.05) is 36.3 Å². The Morgan fingerprint density at radius 3 is 2.60 bits per heavy atom. The van der Waals surface area contributed by atoms with Gasteiger partial charge in [0.1, 0.15) is 0 Å². The van der Waals surface area contributed by atoms with Crippen molar-refractivity contribution >= 4 is 29.2 Å². The van der Waals surface area contributed by atoms with Crippen molar-refractivity contribution in [3.63, 3.8) is 0 Å². The van der Waals surface area contributed by atoms with E-state index in [2.05, 4.69) is 11.9 Å². The van der Waals surface area contributed by atoms with Crippen LogP contribution in [0.1, 0.15) is 31.7 Å². The highest BCUT2D eigenvalue weighted by Gasteiger charge is 2.34. The minimum atomic E-state index is -0.973. The molecule has 7 nitrogen and oxygen atoms in total. The van der Waals surface area contributed by atoms with Gasteiger partial charge in [0.2, 0.25) is 11.8 Å². The number of carboxylic acids is 1. The van der Waals surface area contributed by atoms with Crippen molar-refractivity contribution in [2.45, 2.75) is 32.2 Å². The third-order valence-electron chi connectivity index (χ3n) is 4.19. The molecule has 1 aliphatic heterocycles. The number of nitrogens with two attached hydrogens (primary N) is 1. The standard InChI is InChI=1S/C18H23N3O4/c1-11(9-17(23)24)20-16(22)10-14-7-8-21(18(14)25)15-5-3-13(4-6-15)12(2)19/h3-6,11,14H,2,7-10,19H2,1H3,(H,20,22)(H,23,24). The first-order chi connectivity index (χ1) is 11.8. The van der Waals surface area contributed by atoms with Crippen molar-refractivity contribution in [2.75, 3.05) is 11.4 Å². The van der Waals surface area contributed by atoms with Gasteiger partial charge in [-0.2, -0.15) is 0 Å². The van der Waals surface area contributed by atoms with E-state index in [-0.39, 0.29) is 30.6 Å². The molecule has 0 aliphatic carbocycles. The lowest BCUT2D eigenvalue weighted by Crippen LogP contribution is -2.36. The van der Waals surface area contributed by atoms with Gasteiger partial charge in [-0.1, -0.05) is 18.7 Å². The molecule has 1 aromatic rings. The SMILES string of the molecule is C=C(N)c1ccc(N2CCC(CC(=O)NC(C)CC(=O)O)C2=O)cc1. The zero-order valence-corrected chi connectivity index (χ0v) is 14.2. The Balaban J connectivity index is 1.93. The van der Waals surface area contributed by atoms with E-state index in [1.807, 2.05) is 12.1 Å². The molecule has 0 aromatic heterocycles. The van der Waals surface area contributed by atoms with E-state index in [1.54, 1.807) is 24.0 Å². The van der Waals surface area contributed by atoms with Crippen molar-refractivity contribution in [3.8, 4) is 0 Å². The highest BCUT2D eigenvalue weighted by atomic mass is 16.4. The topological polar surface area (TPSA) is 113 Å². The lowest BCUT2D eigenvalue weighted by molar-refractivity contribution is -0.137. The largest absolute Gasteiger partial charge is 0.481 e. The van der Waals surface area contributed by atoms with Gasteiger partial charge in [0.05, 0.1) is 6.42 Å². The van der Waals surface area contributed by atoms with Crippen molar-refractivity contribution < 1.29 is 19.5 Å². The lowest BCUT2D eigenvalue weighted by Gasteiger charge is -2.18. The molecule has 2 rings (SSSR count). The van der Waals surface area contributed by atoms with Crippen LogP contribution in [-0.2, 0) is 14.4 Å². The maximum Gasteiger partial charge on any atom is 0.305 e. The fraction of sp³-hybridized carbons (Fsp3) is 0.389. The van der Waals surface area contributed by atoms with Gasteiger partial charge in [-0.3, -0.25) is 14.4 Å². The van der Waals surface area contributed by atoms with Gasteiger partial charge in [0.15, 0.2) is 0 Å². The highest BCUT2D eigenvalue weighted by molar-refractivity contribution is 5.99. The molecule has 2 amide bonds. The number of nitrogens with zero attached hydrogens (tertiary/aromatic N) is 1. The summed E-state index contributed by atoms with van der Waals surface area (Å²) in [6, 6.07) is 6.76. The second kappa shape index (κ2) is 7.83. The first-order valence-electron chi connectivity index (χ1n) is 8.15. The number of nitrogens with one attached hydrogen (secondary N) is 1. The number of hydrogen-bond acceptors (Lipinski definition) is 4. The van der Waals surface area contributed by atoms with Crippen LogP contribution in [0, 0.1) is 5.92 Å². The average molecular weight is 345 g/mol. The third-order valence-corrected chi connectivity index (χ3v) is 4.19. The molecule has 0 spiro atoms. The summed E-state index contributed by atoms with van der Waals surface area (Å²) in [4.78, 5) is 36.8. The summed E-state index contributed by atoms with van der Waals surface area (Å²) in [6.07, 6.45) is 0.511. The van der Waals surface area contributed by atoms with Crippen LogP contribution in [0.3, 0.4) is 0 Å². The van der Waals surface area contributed by atoms with Crippen molar-refractivity contribution in [2.24, 2.45) is 11.7 Å². The van der Waals surface area contributed by atoms with Crippen LogP contribution in [-0.4, -0.2) is 35.5 Å². The summed E-state index contributed by atoms with van der Waals surface area (Å²) < 4.78 is 0. The molecule has 7 heteroatoms. The number of hydrogen-bond donors (Lipinski definition) is 3. The fourth-order valence-corrected chi connectivity index (χ4v) is 2.91. The second-order valence-corrected chi connectivity index (χ2v) is 6.32. The number of anilines is 1. The van der Waals surface area contributed by atoms with Gasteiger partial charge >= 0.3 is 5.97 Å². The summed E-state index contributed by atoms with van der Waals surface area (Å²) in [7, 11) is 0. The molecule has 1 aliphatic rings. The molecular weight excluding hydrogens is 322 g/mol. The molecule has 1 saturated heterocycles. The fourth-order valence-electron chi connectivity index (χ4n) is 2.91. The molecule has 1 heterocycles. The maximum absolute atomic E-state index is 12.5. The van der Waals surface area contributed by atoms with Gasteiger partial charge in [-0.25, -0.2) is 0 Å². The van der Waals surface area contributed by atoms with E-state index < -0.39 is 12.0 Å². The quantitative estimate of drug-likeness (QED) is 0.690. The number of benzene rings is 1. The molecule has 1 aromatic carbocycles. The van der Waals surface area contributed by atoms with Crippen LogP contribution in [0.15, 0.2) is 30.8 Å². The Labute approximate surface area is 146 Å². The molecule has 2 unspecified atom stereocenters. The lowest BCUT2D eigenvalue weighted by atomic mass is 10.0. The normalized spacial score (nSPS) is 18.0. The van der Waals surface area contributed by atoms with Gasteiger partial charge in [0.25, 0.3) is 0 Å². The Kier molecular flexibility index (Phi) is 5.80. The predicted molar refractivity (Wildman–Crippen MR) is 94.6 cm³/mol. The molecule has 0 radical (unpaired) electrons. The second-order valence-electron chi connectivity index (χ2n) is 6.32. The Morgan fingerprint density at radius 2 is 2.04 bits per heavy atom. The summed E-state index contributed by atoms with van der Waals surface area (Å²) in [5.74, 6) is -1.76. The zero-order valence-electron chi connectivity index (χ0n) is 14.2. The van der Waals surface area contributed by atoms with Crippen LogP contribution < -0.4 is 16.0 Å². The summed E-state index contributed by atoms with van der Waals surface area (Å²) in [5, 5.41) is 11.3. The zero-order chi connectivity index (χ0) is 18.6. The minimum Gasteiger partial charge on any atom is -0.481 e. The Bertz CT molecular complexity index is 684. The van der Waals surface area contributed by atoms with E-state index in [9.17, 15) is 14.4 Å². The summed E-state index contributed by atoms with van der Waals surface area (Å²) in [5.41, 5.74) is 7.66. The number of aliphatic carboxylic acids is 1. The van der Waals surface area contributed by atoms with E-state index in [0.717, 1.165) is 11.3 Å². The molecule has 0 saturated carbocycles. The Hall–Kier alpha value is -2.83.